The maximum Gasteiger partial charge on any atom is 0.255 e. The zero-order chi connectivity index (χ0) is 20.1. The van der Waals surface area contributed by atoms with Crippen molar-refractivity contribution in [2.75, 3.05) is 5.32 Å². The number of carbonyl (C=O) groups is 2. The lowest BCUT2D eigenvalue weighted by atomic mass is 10.1. The first kappa shape index (κ1) is 18.7. The van der Waals surface area contributed by atoms with E-state index in [1.807, 2.05) is 0 Å². The van der Waals surface area contributed by atoms with Gasteiger partial charge >= 0.3 is 0 Å². The Bertz CT molecular complexity index is 998. The van der Waals surface area contributed by atoms with E-state index in [2.05, 4.69) is 15.6 Å². The number of benzene rings is 2. The maximum atomic E-state index is 12.3. The lowest BCUT2D eigenvalue weighted by molar-refractivity contribution is 0.0949. The third-order valence-corrected chi connectivity index (χ3v) is 3.89. The maximum absolute atomic E-state index is 12.3. The number of phenolic OH excluding ortho intramolecular Hbond substituents is 3. The van der Waals surface area contributed by atoms with Gasteiger partial charge in [0.25, 0.3) is 11.8 Å². The number of aromatic hydroxyl groups is 3. The normalized spacial score (nSPS) is 10.3. The van der Waals surface area contributed by atoms with Gasteiger partial charge in [-0.05, 0) is 42.0 Å². The molecule has 0 spiro atoms. The average Bonchev–Trinajstić information content (AvgIpc) is 2.70. The zero-order valence-corrected chi connectivity index (χ0v) is 14.6. The molecule has 5 N–H and O–H groups in total. The predicted octanol–water partition coefficient (Wildman–Crippen LogP) is 2.38. The van der Waals surface area contributed by atoms with Crippen molar-refractivity contribution in [1.29, 1.82) is 0 Å². The van der Waals surface area contributed by atoms with Gasteiger partial charge in [0.1, 0.15) is 0 Å². The zero-order valence-electron chi connectivity index (χ0n) is 14.6. The number of hydrogen-bond acceptors (Lipinski definition) is 6. The van der Waals surface area contributed by atoms with Crippen molar-refractivity contribution in [1.82, 2.24) is 10.3 Å². The molecule has 2 amide bonds. The highest BCUT2D eigenvalue weighted by atomic mass is 16.3. The molecule has 0 aliphatic heterocycles. The minimum Gasteiger partial charge on any atom is -0.504 e. The van der Waals surface area contributed by atoms with Gasteiger partial charge in [-0.1, -0.05) is 12.1 Å². The van der Waals surface area contributed by atoms with Crippen molar-refractivity contribution in [3.05, 3.63) is 77.6 Å². The van der Waals surface area contributed by atoms with E-state index in [-0.39, 0.29) is 18.0 Å². The SMILES string of the molecule is O=C(NCc1cccc(NC(=O)c2cc(O)c(O)c(O)c2)c1)c1cccnc1. The molecule has 0 bridgehead atoms. The number of phenols is 3. The summed E-state index contributed by atoms with van der Waals surface area (Å²) in [6, 6.07) is 12.3. The summed E-state index contributed by atoms with van der Waals surface area (Å²) >= 11 is 0. The lowest BCUT2D eigenvalue weighted by Gasteiger charge is -2.10. The third kappa shape index (κ3) is 4.36. The van der Waals surface area contributed by atoms with Crippen LogP contribution in [0.5, 0.6) is 17.2 Å². The number of nitrogens with zero attached hydrogens (tertiary/aromatic N) is 1. The first-order valence-corrected chi connectivity index (χ1v) is 8.27. The van der Waals surface area contributed by atoms with Gasteiger partial charge in [-0.25, -0.2) is 0 Å². The summed E-state index contributed by atoms with van der Waals surface area (Å²) < 4.78 is 0. The van der Waals surface area contributed by atoms with Gasteiger partial charge in [-0.3, -0.25) is 14.6 Å². The Morgan fingerprint density at radius 3 is 2.32 bits per heavy atom. The van der Waals surface area contributed by atoms with Crippen LogP contribution in [-0.2, 0) is 6.54 Å². The summed E-state index contributed by atoms with van der Waals surface area (Å²) in [4.78, 5) is 28.3. The first-order valence-electron chi connectivity index (χ1n) is 8.27. The Morgan fingerprint density at radius 1 is 0.893 bits per heavy atom. The number of nitrogens with one attached hydrogen (secondary N) is 2. The fourth-order valence-electron chi connectivity index (χ4n) is 2.48. The molecule has 0 atom stereocenters. The van der Waals surface area contributed by atoms with Gasteiger partial charge in [-0.15, -0.1) is 0 Å². The standard InChI is InChI=1S/C20H17N3O5/c24-16-8-14(9-17(25)18(16)26)20(28)23-15-5-1-3-12(7-15)10-22-19(27)13-4-2-6-21-11-13/h1-9,11,24-26H,10H2,(H,22,27)(H,23,28). The molecule has 1 aromatic heterocycles. The van der Waals surface area contributed by atoms with Crippen LogP contribution in [0.15, 0.2) is 60.9 Å². The number of pyridine rings is 1. The van der Waals surface area contributed by atoms with Gasteiger partial charge < -0.3 is 26.0 Å². The van der Waals surface area contributed by atoms with E-state index >= 15 is 0 Å². The summed E-state index contributed by atoms with van der Waals surface area (Å²) in [6.45, 7) is 0.248. The van der Waals surface area contributed by atoms with Crippen molar-refractivity contribution in [2.45, 2.75) is 6.54 Å². The second kappa shape index (κ2) is 8.09. The summed E-state index contributed by atoms with van der Waals surface area (Å²) in [5.41, 5.74) is 1.64. The number of carbonyl (C=O) groups excluding carboxylic acids is 2. The Balaban J connectivity index is 1.66. The summed E-state index contributed by atoms with van der Waals surface area (Å²) in [6.07, 6.45) is 3.05. The van der Waals surface area contributed by atoms with Crippen LogP contribution in [0, 0.1) is 0 Å². The van der Waals surface area contributed by atoms with Crippen molar-refractivity contribution in [3.63, 3.8) is 0 Å². The quantitative estimate of drug-likeness (QED) is 0.433. The van der Waals surface area contributed by atoms with Crippen molar-refractivity contribution in [3.8, 4) is 17.2 Å². The van der Waals surface area contributed by atoms with Crippen LogP contribution < -0.4 is 10.6 Å². The van der Waals surface area contributed by atoms with Crippen LogP contribution in [0.1, 0.15) is 26.3 Å². The Morgan fingerprint density at radius 2 is 1.64 bits per heavy atom. The summed E-state index contributed by atoms with van der Waals surface area (Å²) in [7, 11) is 0. The van der Waals surface area contributed by atoms with E-state index in [1.165, 1.54) is 6.20 Å². The molecule has 0 radical (unpaired) electrons. The number of rotatable bonds is 5. The Labute approximate surface area is 160 Å². The van der Waals surface area contributed by atoms with Gasteiger partial charge in [-0.2, -0.15) is 0 Å². The molecule has 0 aliphatic carbocycles. The molecule has 1 heterocycles. The van der Waals surface area contributed by atoms with Gasteiger partial charge in [0, 0.05) is 30.2 Å². The Kier molecular flexibility index (Phi) is 5.40. The van der Waals surface area contributed by atoms with E-state index in [1.54, 1.807) is 42.6 Å². The van der Waals surface area contributed by atoms with Crippen molar-refractivity contribution >= 4 is 17.5 Å². The number of amides is 2. The van der Waals surface area contributed by atoms with Crippen LogP contribution in [-0.4, -0.2) is 32.1 Å². The molecule has 3 rings (SSSR count). The highest BCUT2D eigenvalue weighted by molar-refractivity contribution is 6.05. The highest BCUT2D eigenvalue weighted by Crippen LogP contribution is 2.35. The minimum absolute atomic E-state index is 0.0249. The van der Waals surface area contributed by atoms with E-state index in [0.717, 1.165) is 17.7 Å². The second-order valence-corrected chi connectivity index (χ2v) is 5.94. The number of hydrogen-bond donors (Lipinski definition) is 5. The van der Waals surface area contributed by atoms with Gasteiger partial charge in [0.2, 0.25) is 0 Å². The molecule has 8 heteroatoms. The molecular weight excluding hydrogens is 362 g/mol. The first-order chi connectivity index (χ1) is 13.4. The molecule has 2 aromatic carbocycles. The van der Waals surface area contributed by atoms with Crippen molar-refractivity contribution < 1.29 is 24.9 Å². The van der Waals surface area contributed by atoms with Crippen LogP contribution in [0.4, 0.5) is 5.69 Å². The van der Waals surface area contributed by atoms with Crippen LogP contribution in [0.3, 0.4) is 0 Å². The van der Waals surface area contributed by atoms with Crippen molar-refractivity contribution in [2.24, 2.45) is 0 Å². The molecule has 3 aromatic rings. The van der Waals surface area contributed by atoms with Gasteiger partial charge in [0.15, 0.2) is 17.2 Å². The fourth-order valence-corrected chi connectivity index (χ4v) is 2.48. The molecule has 142 valence electrons. The van der Waals surface area contributed by atoms with E-state index in [0.29, 0.717) is 11.3 Å². The molecule has 0 unspecified atom stereocenters. The minimum atomic E-state index is -0.692. The molecule has 8 nitrogen and oxygen atoms in total. The van der Waals surface area contributed by atoms with Crippen LogP contribution in [0.2, 0.25) is 0 Å². The van der Waals surface area contributed by atoms with E-state index in [9.17, 15) is 24.9 Å². The average molecular weight is 379 g/mol. The monoisotopic (exact) mass is 379 g/mol. The molecule has 0 aliphatic rings. The molecule has 0 saturated carbocycles. The number of aromatic nitrogens is 1. The lowest BCUT2D eigenvalue weighted by Crippen LogP contribution is -2.23. The smallest absolute Gasteiger partial charge is 0.255 e. The summed E-state index contributed by atoms with van der Waals surface area (Å²) in [5.74, 6) is -2.74. The molecular formula is C20H17N3O5. The summed E-state index contributed by atoms with van der Waals surface area (Å²) in [5, 5.41) is 33.8. The largest absolute Gasteiger partial charge is 0.504 e. The second-order valence-electron chi connectivity index (χ2n) is 5.94. The van der Waals surface area contributed by atoms with Gasteiger partial charge in [0.05, 0.1) is 5.56 Å². The van der Waals surface area contributed by atoms with Crippen LogP contribution >= 0.6 is 0 Å². The van der Waals surface area contributed by atoms with E-state index < -0.39 is 23.2 Å². The fraction of sp³-hybridized carbons (Fsp3) is 0.0500. The van der Waals surface area contributed by atoms with Crippen LogP contribution in [0.25, 0.3) is 0 Å². The molecule has 0 saturated heterocycles. The molecule has 0 fully saturated rings. The highest BCUT2D eigenvalue weighted by Gasteiger charge is 2.14. The predicted molar refractivity (Wildman–Crippen MR) is 101 cm³/mol. The van der Waals surface area contributed by atoms with E-state index in [4.69, 9.17) is 0 Å². The topological polar surface area (TPSA) is 132 Å². The molecule has 28 heavy (non-hydrogen) atoms. The Hall–Kier alpha value is -4.07. The third-order valence-electron chi connectivity index (χ3n) is 3.89. The number of anilines is 1.